The molecule has 1 aromatic carbocycles. The number of nitrogens with one attached hydrogen (secondary N) is 1. The Morgan fingerprint density at radius 1 is 1.18 bits per heavy atom. The quantitative estimate of drug-likeness (QED) is 0.861. The van der Waals surface area contributed by atoms with Crippen LogP contribution >= 0.6 is 0 Å². The highest BCUT2D eigenvalue weighted by Crippen LogP contribution is 2.23. The number of hydrogen-bond donors (Lipinski definition) is 1. The van der Waals surface area contributed by atoms with Gasteiger partial charge >= 0.3 is 0 Å². The number of rotatable bonds is 5. The summed E-state index contributed by atoms with van der Waals surface area (Å²) in [4.78, 5) is 25.1. The zero-order chi connectivity index (χ0) is 19.5. The lowest BCUT2D eigenvalue weighted by Crippen LogP contribution is -2.39. The van der Waals surface area contributed by atoms with Gasteiger partial charge in [-0.1, -0.05) is 19.1 Å². The normalized spacial score (nSPS) is 18.1. The minimum atomic E-state index is 0.0411. The Morgan fingerprint density at radius 3 is 2.64 bits per heavy atom. The van der Waals surface area contributed by atoms with E-state index >= 15 is 0 Å². The first-order valence-corrected chi connectivity index (χ1v) is 10.4. The standard InChI is InChI=1S/C22H30N4O2/c1-3-28-18-6-4-17(5-7-18)14-25-11-10-19-20(15-25)23-22(24-21(19)27)26-12-8-16(2)9-13-26/h4-7,16H,3,8-15H2,1-2H3,(H,23,24,27). The number of aromatic nitrogens is 2. The summed E-state index contributed by atoms with van der Waals surface area (Å²) in [6, 6.07) is 8.28. The van der Waals surface area contributed by atoms with Gasteiger partial charge in [-0.3, -0.25) is 14.7 Å². The van der Waals surface area contributed by atoms with Crippen LogP contribution in [0, 0.1) is 5.92 Å². The smallest absolute Gasteiger partial charge is 0.255 e. The van der Waals surface area contributed by atoms with Crippen molar-refractivity contribution < 1.29 is 4.74 Å². The molecule has 0 unspecified atom stereocenters. The Bertz CT molecular complexity index is 854. The number of hydrogen-bond acceptors (Lipinski definition) is 5. The molecule has 1 N–H and O–H groups in total. The summed E-state index contributed by atoms with van der Waals surface area (Å²) in [6.07, 6.45) is 3.07. The molecule has 6 heteroatoms. The van der Waals surface area contributed by atoms with Gasteiger partial charge in [-0.15, -0.1) is 0 Å². The van der Waals surface area contributed by atoms with Gasteiger partial charge in [0.1, 0.15) is 5.75 Å². The molecular weight excluding hydrogens is 352 g/mol. The molecule has 0 saturated carbocycles. The number of nitrogens with zero attached hydrogens (tertiary/aromatic N) is 3. The first kappa shape index (κ1) is 19.0. The Kier molecular flexibility index (Phi) is 5.67. The van der Waals surface area contributed by atoms with E-state index < -0.39 is 0 Å². The molecule has 6 nitrogen and oxygen atoms in total. The molecule has 0 bridgehead atoms. The van der Waals surface area contributed by atoms with Crippen molar-refractivity contribution in [3.63, 3.8) is 0 Å². The van der Waals surface area contributed by atoms with Crippen LogP contribution in [0.15, 0.2) is 29.1 Å². The van der Waals surface area contributed by atoms with Crippen molar-refractivity contribution in [3.8, 4) is 5.75 Å². The molecule has 0 atom stereocenters. The van der Waals surface area contributed by atoms with Crippen LogP contribution < -0.4 is 15.2 Å². The summed E-state index contributed by atoms with van der Waals surface area (Å²) in [5.74, 6) is 2.41. The maximum Gasteiger partial charge on any atom is 0.255 e. The van der Waals surface area contributed by atoms with Crippen LogP contribution in [0.25, 0.3) is 0 Å². The SMILES string of the molecule is CCOc1ccc(CN2CCc3c(nc(N4CCC(C)CC4)[nH]c3=O)C2)cc1. The third-order valence-electron chi connectivity index (χ3n) is 5.86. The van der Waals surface area contributed by atoms with E-state index in [0.717, 1.165) is 80.9 Å². The molecule has 1 aromatic heterocycles. The zero-order valence-corrected chi connectivity index (χ0v) is 16.9. The van der Waals surface area contributed by atoms with Gasteiger partial charge in [0.05, 0.1) is 12.3 Å². The van der Waals surface area contributed by atoms with Gasteiger partial charge in [-0.2, -0.15) is 0 Å². The molecule has 0 aliphatic carbocycles. The van der Waals surface area contributed by atoms with Crippen molar-refractivity contribution in [2.45, 2.75) is 46.2 Å². The lowest BCUT2D eigenvalue weighted by atomic mass is 9.99. The van der Waals surface area contributed by atoms with E-state index in [0.29, 0.717) is 6.61 Å². The molecule has 2 aliphatic rings. The van der Waals surface area contributed by atoms with Gasteiger partial charge in [-0.05, 0) is 49.8 Å². The molecule has 3 heterocycles. The van der Waals surface area contributed by atoms with E-state index in [1.54, 1.807) is 0 Å². The highest BCUT2D eigenvalue weighted by Gasteiger charge is 2.24. The predicted molar refractivity (Wildman–Crippen MR) is 111 cm³/mol. The number of ether oxygens (including phenoxy) is 1. The molecule has 4 rings (SSSR count). The first-order chi connectivity index (χ1) is 13.6. The maximum atomic E-state index is 12.6. The number of benzene rings is 1. The van der Waals surface area contributed by atoms with E-state index in [1.807, 2.05) is 19.1 Å². The molecule has 150 valence electrons. The Labute approximate surface area is 166 Å². The zero-order valence-electron chi connectivity index (χ0n) is 16.9. The van der Waals surface area contributed by atoms with Crippen molar-refractivity contribution in [2.24, 2.45) is 5.92 Å². The van der Waals surface area contributed by atoms with E-state index in [9.17, 15) is 4.79 Å². The Morgan fingerprint density at radius 2 is 1.93 bits per heavy atom. The summed E-state index contributed by atoms with van der Waals surface area (Å²) in [5.41, 5.74) is 3.09. The van der Waals surface area contributed by atoms with Crippen molar-refractivity contribution in [1.29, 1.82) is 0 Å². The Balaban J connectivity index is 1.47. The monoisotopic (exact) mass is 382 g/mol. The highest BCUT2D eigenvalue weighted by molar-refractivity contribution is 5.35. The minimum absolute atomic E-state index is 0.0411. The van der Waals surface area contributed by atoms with Crippen LogP contribution in [0.1, 0.15) is 43.5 Å². The average molecular weight is 383 g/mol. The molecule has 0 radical (unpaired) electrons. The molecule has 2 aliphatic heterocycles. The van der Waals surface area contributed by atoms with Crippen molar-refractivity contribution in [3.05, 3.63) is 51.4 Å². The predicted octanol–water partition coefficient (Wildman–Crippen LogP) is 2.96. The van der Waals surface area contributed by atoms with Crippen LogP contribution in [0.5, 0.6) is 5.75 Å². The maximum absolute atomic E-state index is 12.6. The third-order valence-corrected chi connectivity index (χ3v) is 5.86. The largest absolute Gasteiger partial charge is 0.494 e. The molecule has 2 aromatic rings. The molecule has 0 spiro atoms. The molecule has 0 amide bonds. The van der Waals surface area contributed by atoms with Crippen LogP contribution in [-0.4, -0.2) is 41.1 Å². The van der Waals surface area contributed by atoms with Crippen LogP contribution in [-0.2, 0) is 19.5 Å². The van der Waals surface area contributed by atoms with E-state index in [2.05, 4.69) is 33.8 Å². The van der Waals surface area contributed by atoms with E-state index in [1.165, 1.54) is 5.56 Å². The van der Waals surface area contributed by atoms with Crippen LogP contribution in [0.3, 0.4) is 0 Å². The van der Waals surface area contributed by atoms with Crippen LogP contribution in [0.2, 0.25) is 0 Å². The number of anilines is 1. The fraction of sp³-hybridized carbons (Fsp3) is 0.545. The van der Waals surface area contributed by atoms with Crippen molar-refractivity contribution in [2.75, 3.05) is 31.1 Å². The number of fused-ring (bicyclic) bond motifs is 1. The fourth-order valence-electron chi connectivity index (χ4n) is 4.10. The summed E-state index contributed by atoms with van der Waals surface area (Å²) in [6.45, 7) is 9.37. The fourth-order valence-corrected chi connectivity index (χ4v) is 4.10. The van der Waals surface area contributed by atoms with E-state index in [-0.39, 0.29) is 5.56 Å². The second-order valence-corrected chi connectivity index (χ2v) is 8.02. The molecule has 1 saturated heterocycles. The summed E-state index contributed by atoms with van der Waals surface area (Å²) in [5, 5.41) is 0. The third kappa shape index (κ3) is 4.22. The average Bonchev–Trinajstić information content (AvgIpc) is 2.70. The second-order valence-electron chi connectivity index (χ2n) is 8.02. The number of aromatic amines is 1. The lowest BCUT2D eigenvalue weighted by molar-refractivity contribution is 0.240. The van der Waals surface area contributed by atoms with Gasteiger partial charge in [0, 0.05) is 38.3 Å². The summed E-state index contributed by atoms with van der Waals surface area (Å²) < 4.78 is 5.52. The summed E-state index contributed by atoms with van der Waals surface area (Å²) in [7, 11) is 0. The van der Waals surface area contributed by atoms with Gasteiger partial charge in [0.25, 0.3) is 5.56 Å². The van der Waals surface area contributed by atoms with Gasteiger partial charge in [-0.25, -0.2) is 4.98 Å². The van der Waals surface area contributed by atoms with Gasteiger partial charge in [0.2, 0.25) is 5.95 Å². The van der Waals surface area contributed by atoms with Gasteiger partial charge in [0.15, 0.2) is 0 Å². The minimum Gasteiger partial charge on any atom is -0.494 e. The Hall–Kier alpha value is -2.34. The molecular formula is C22H30N4O2. The number of piperidine rings is 1. The lowest BCUT2D eigenvalue weighted by Gasteiger charge is -2.32. The highest BCUT2D eigenvalue weighted by atomic mass is 16.5. The van der Waals surface area contributed by atoms with E-state index in [4.69, 9.17) is 9.72 Å². The van der Waals surface area contributed by atoms with Crippen LogP contribution in [0.4, 0.5) is 5.95 Å². The van der Waals surface area contributed by atoms with Crippen molar-refractivity contribution in [1.82, 2.24) is 14.9 Å². The molecule has 1 fully saturated rings. The molecule has 28 heavy (non-hydrogen) atoms. The first-order valence-electron chi connectivity index (χ1n) is 10.4. The topological polar surface area (TPSA) is 61.5 Å². The summed E-state index contributed by atoms with van der Waals surface area (Å²) >= 11 is 0. The van der Waals surface area contributed by atoms with Gasteiger partial charge < -0.3 is 9.64 Å². The van der Waals surface area contributed by atoms with Crippen molar-refractivity contribution >= 4 is 5.95 Å². The second kappa shape index (κ2) is 8.35. The number of H-pyrrole nitrogens is 1.